The number of nitrogens with one attached hydrogen (secondary N) is 2. The minimum absolute atomic E-state index is 0.177. The van der Waals surface area contributed by atoms with Gasteiger partial charge in [0.25, 0.3) is 5.56 Å². The normalized spacial score (nSPS) is 32.1. The van der Waals surface area contributed by atoms with E-state index in [9.17, 15) is 4.79 Å². The molecule has 7 heteroatoms. The second kappa shape index (κ2) is 9.44. The number of piperidine rings is 4. The maximum Gasteiger partial charge on any atom is 0.250 e. The van der Waals surface area contributed by atoms with Crippen LogP contribution < -0.4 is 16.2 Å². The lowest BCUT2D eigenvalue weighted by atomic mass is 9.74. The van der Waals surface area contributed by atoms with Gasteiger partial charge in [-0.3, -0.25) is 9.69 Å². The van der Waals surface area contributed by atoms with Crippen LogP contribution >= 0.6 is 12.2 Å². The summed E-state index contributed by atoms with van der Waals surface area (Å²) in [4.78, 5) is 17.7. The van der Waals surface area contributed by atoms with Gasteiger partial charge >= 0.3 is 0 Å². The highest BCUT2D eigenvalue weighted by atomic mass is 32.1. The SMILES string of the molecule is O=c1cccc2n1CC1CC2CN(CC2CN3CCC2CC3CNC(=S)Nc2ccccc2)C1. The van der Waals surface area contributed by atoms with Crippen LogP contribution in [0.2, 0.25) is 0 Å². The fourth-order valence-electron chi connectivity index (χ4n) is 7.05. The summed E-state index contributed by atoms with van der Waals surface area (Å²) in [6.45, 7) is 7.69. The van der Waals surface area contributed by atoms with Crippen molar-refractivity contribution in [2.45, 2.75) is 37.8 Å². The third-order valence-corrected chi connectivity index (χ3v) is 8.84. The first kappa shape index (κ1) is 22.3. The molecule has 6 heterocycles. The van der Waals surface area contributed by atoms with E-state index in [1.165, 1.54) is 44.6 Å². The zero-order chi connectivity index (χ0) is 23.1. The number of hydrogen-bond donors (Lipinski definition) is 2. The van der Waals surface area contributed by atoms with Gasteiger partial charge in [-0.1, -0.05) is 24.3 Å². The molecule has 4 fully saturated rings. The number of thiocarbonyl (C=S) groups is 1. The molecule has 1 aromatic carbocycles. The van der Waals surface area contributed by atoms with Crippen LogP contribution in [0.15, 0.2) is 53.3 Å². The van der Waals surface area contributed by atoms with Gasteiger partial charge in [0.1, 0.15) is 0 Å². The first-order valence-electron chi connectivity index (χ1n) is 12.9. The Balaban J connectivity index is 1.02. The molecule has 6 unspecified atom stereocenters. The number of anilines is 1. The summed E-state index contributed by atoms with van der Waals surface area (Å²) in [5.41, 5.74) is 2.47. The average molecular weight is 478 g/mol. The predicted molar refractivity (Wildman–Crippen MR) is 140 cm³/mol. The molecule has 180 valence electrons. The maximum atomic E-state index is 12.3. The molecule has 34 heavy (non-hydrogen) atoms. The largest absolute Gasteiger partial charge is 0.361 e. The number of rotatable bonds is 5. The number of benzene rings is 1. The summed E-state index contributed by atoms with van der Waals surface area (Å²) >= 11 is 5.53. The maximum absolute atomic E-state index is 12.3. The van der Waals surface area contributed by atoms with E-state index in [0.717, 1.165) is 43.7 Å². The molecule has 6 atom stereocenters. The highest BCUT2D eigenvalue weighted by Crippen LogP contribution is 2.39. The van der Waals surface area contributed by atoms with Crippen LogP contribution in [0, 0.1) is 17.8 Å². The van der Waals surface area contributed by atoms with Gasteiger partial charge in [-0.2, -0.15) is 0 Å². The van der Waals surface area contributed by atoms with Crippen molar-refractivity contribution in [2.75, 3.05) is 44.6 Å². The summed E-state index contributed by atoms with van der Waals surface area (Å²) in [6, 6.07) is 16.5. The van der Waals surface area contributed by atoms with E-state index in [4.69, 9.17) is 12.2 Å². The molecular weight excluding hydrogens is 442 g/mol. The van der Waals surface area contributed by atoms with Crippen LogP contribution in [0.1, 0.15) is 30.9 Å². The van der Waals surface area contributed by atoms with Gasteiger partial charge in [0.2, 0.25) is 0 Å². The van der Waals surface area contributed by atoms with Crippen molar-refractivity contribution in [2.24, 2.45) is 17.8 Å². The van der Waals surface area contributed by atoms with E-state index >= 15 is 0 Å². The third-order valence-electron chi connectivity index (χ3n) is 8.59. The molecule has 4 saturated heterocycles. The number of hydrogen-bond acceptors (Lipinski definition) is 4. The van der Waals surface area contributed by atoms with Gasteiger partial charge in [0, 0.05) is 68.7 Å². The molecule has 2 aromatic rings. The van der Waals surface area contributed by atoms with Crippen molar-refractivity contribution in [3.8, 4) is 0 Å². The van der Waals surface area contributed by atoms with Crippen LogP contribution in [0.25, 0.3) is 0 Å². The number of nitrogens with zero attached hydrogens (tertiary/aromatic N) is 3. The summed E-state index contributed by atoms with van der Waals surface area (Å²) in [5.74, 6) is 2.69. The number of fused-ring (bicyclic) bond motifs is 7. The molecule has 0 aliphatic carbocycles. The predicted octanol–water partition coefficient (Wildman–Crippen LogP) is 2.96. The molecule has 4 bridgehead atoms. The van der Waals surface area contributed by atoms with E-state index in [2.05, 4.69) is 26.5 Å². The van der Waals surface area contributed by atoms with Gasteiger partial charge in [-0.25, -0.2) is 0 Å². The van der Waals surface area contributed by atoms with E-state index in [1.807, 2.05) is 41.0 Å². The highest BCUT2D eigenvalue weighted by molar-refractivity contribution is 7.80. The Morgan fingerprint density at radius 2 is 1.88 bits per heavy atom. The molecule has 0 radical (unpaired) electrons. The van der Waals surface area contributed by atoms with E-state index in [0.29, 0.717) is 23.0 Å². The van der Waals surface area contributed by atoms with E-state index < -0.39 is 0 Å². The van der Waals surface area contributed by atoms with Crippen molar-refractivity contribution in [3.05, 3.63) is 64.6 Å². The zero-order valence-electron chi connectivity index (χ0n) is 19.7. The fraction of sp³-hybridized carbons (Fsp3) is 0.556. The second-order valence-corrected chi connectivity index (χ2v) is 11.2. The first-order valence-corrected chi connectivity index (χ1v) is 13.3. The molecule has 0 spiro atoms. The van der Waals surface area contributed by atoms with Gasteiger partial charge in [0.05, 0.1) is 0 Å². The van der Waals surface area contributed by atoms with Crippen LogP contribution in [0.3, 0.4) is 0 Å². The molecule has 0 saturated carbocycles. The number of aromatic nitrogens is 1. The van der Waals surface area contributed by atoms with E-state index in [1.54, 1.807) is 6.07 Å². The molecule has 6 nitrogen and oxygen atoms in total. The van der Waals surface area contributed by atoms with Crippen molar-refractivity contribution in [1.29, 1.82) is 0 Å². The summed E-state index contributed by atoms with van der Waals surface area (Å²) < 4.78 is 2.04. The molecule has 2 N–H and O–H groups in total. The second-order valence-electron chi connectivity index (χ2n) is 10.8. The number of pyridine rings is 1. The lowest BCUT2D eigenvalue weighted by Crippen LogP contribution is -2.59. The molecular formula is C27H35N5OS. The fourth-order valence-corrected chi connectivity index (χ4v) is 7.25. The summed E-state index contributed by atoms with van der Waals surface area (Å²) in [7, 11) is 0. The molecule has 5 aliphatic rings. The molecule has 1 aromatic heterocycles. The van der Waals surface area contributed by atoms with Crippen molar-refractivity contribution < 1.29 is 0 Å². The van der Waals surface area contributed by atoms with Crippen LogP contribution in [-0.4, -0.2) is 64.8 Å². The third kappa shape index (κ3) is 4.53. The Kier molecular flexibility index (Phi) is 6.18. The van der Waals surface area contributed by atoms with Crippen molar-refractivity contribution in [1.82, 2.24) is 19.7 Å². The lowest BCUT2D eigenvalue weighted by molar-refractivity contribution is -0.0189. The van der Waals surface area contributed by atoms with Gasteiger partial charge in [-0.15, -0.1) is 0 Å². The Hall–Kier alpha value is -2.22. The monoisotopic (exact) mass is 477 g/mol. The van der Waals surface area contributed by atoms with Crippen molar-refractivity contribution >= 4 is 23.0 Å². The van der Waals surface area contributed by atoms with Crippen LogP contribution in [-0.2, 0) is 6.54 Å². The Bertz CT molecular complexity index is 1090. The summed E-state index contributed by atoms with van der Waals surface area (Å²) in [6.07, 6.45) is 3.84. The smallest absolute Gasteiger partial charge is 0.250 e. The van der Waals surface area contributed by atoms with Gasteiger partial charge in [0.15, 0.2) is 5.11 Å². The highest BCUT2D eigenvalue weighted by Gasteiger charge is 2.42. The zero-order valence-corrected chi connectivity index (χ0v) is 20.6. The Morgan fingerprint density at radius 1 is 1.00 bits per heavy atom. The molecule has 5 aliphatic heterocycles. The Labute approximate surface area is 207 Å². The standard InChI is InChI=1S/C27H35N5OS/c33-26-8-4-7-25-21-11-19(15-32(25)26)14-30(16-21)17-22-18-31-10-9-20(22)12-24(31)13-28-27(34)29-23-5-2-1-3-6-23/h1-8,19-22,24H,9-18H2,(H2,28,29,34). The van der Waals surface area contributed by atoms with Crippen LogP contribution in [0.4, 0.5) is 5.69 Å². The van der Waals surface area contributed by atoms with Crippen LogP contribution in [0.5, 0.6) is 0 Å². The number of likely N-dealkylation sites (tertiary alicyclic amines) is 1. The Morgan fingerprint density at radius 3 is 2.71 bits per heavy atom. The van der Waals surface area contributed by atoms with E-state index in [-0.39, 0.29) is 5.56 Å². The molecule has 7 rings (SSSR count). The molecule has 0 amide bonds. The minimum Gasteiger partial charge on any atom is -0.361 e. The van der Waals surface area contributed by atoms with Gasteiger partial charge < -0.3 is 20.1 Å². The van der Waals surface area contributed by atoms with Crippen molar-refractivity contribution in [3.63, 3.8) is 0 Å². The van der Waals surface area contributed by atoms with Gasteiger partial charge in [-0.05, 0) is 74.0 Å². The summed E-state index contributed by atoms with van der Waals surface area (Å²) in [5, 5.41) is 7.47. The topological polar surface area (TPSA) is 52.5 Å². The average Bonchev–Trinajstić information content (AvgIpc) is 2.85. The minimum atomic E-state index is 0.177. The first-order chi connectivity index (χ1) is 16.6. The number of para-hydroxylation sites is 1. The lowest BCUT2D eigenvalue weighted by Gasteiger charge is -2.52. The quantitative estimate of drug-likeness (QED) is 0.646.